The molecule has 0 saturated carbocycles. The second-order valence-electron chi connectivity index (χ2n) is 5.96. The number of nitriles is 1. The Morgan fingerprint density at radius 2 is 2.00 bits per heavy atom. The molecule has 6 heteroatoms. The average molecular weight is 367 g/mol. The molecule has 1 N–H and O–H groups in total. The van der Waals surface area contributed by atoms with Crippen LogP contribution in [0.3, 0.4) is 0 Å². The molecule has 0 bridgehead atoms. The molecule has 142 valence electrons. The minimum atomic E-state index is -0.121. The zero-order chi connectivity index (χ0) is 19.6. The van der Waals surface area contributed by atoms with E-state index in [-0.39, 0.29) is 12.5 Å². The Hall–Kier alpha value is -3.04. The van der Waals surface area contributed by atoms with Crippen molar-refractivity contribution in [3.8, 4) is 17.6 Å². The molecule has 2 aromatic rings. The molecular formula is C21H25N3O3. The predicted octanol–water partition coefficient (Wildman–Crippen LogP) is 3.43. The van der Waals surface area contributed by atoms with Crippen molar-refractivity contribution in [2.45, 2.75) is 20.4 Å². The molecule has 0 saturated heterocycles. The van der Waals surface area contributed by atoms with Crippen LogP contribution in [0.15, 0.2) is 42.5 Å². The summed E-state index contributed by atoms with van der Waals surface area (Å²) >= 11 is 0. The summed E-state index contributed by atoms with van der Waals surface area (Å²) in [5.41, 5.74) is 2.18. The highest BCUT2D eigenvalue weighted by Crippen LogP contribution is 2.28. The van der Waals surface area contributed by atoms with Gasteiger partial charge in [0.05, 0.1) is 31.9 Å². The van der Waals surface area contributed by atoms with E-state index in [2.05, 4.69) is 11.4 Å². The zero-order valence-corrected chi connectivity index (χ0v) is 16.0. The first-order valence-corrected chi connectivity index (χ1v) is 8.91. The number of amides is 1. The Morgan fingerprint density at radius 3 is 2.67 bits per heavy atom. The topological polar surface area (TPSA) is 74.6 Å². The van der Waals surface area contributed by atoms with Gasteiger partial charge in [0, 0.05) is 12.2 Å². The molecule has 27 heavy (non-hydrogen) atoms. The summed E-state index contributed by atoms with van der Waals surface area (Å²) in [5, 5.41) is 11.8. The van der Waals surface area contributed by atoms with Crippen LogP contribution in [0.2, 0.25) is 0 Å². The van der Waals surface area contributed by atoms with Gasteiger partial charge in [-0.3, -0.25) is 9.69 Å². The van der Waals surface area contributed by atoms with Gasteiger partial charge in [0.15, 0.2) is 11.5 Å². The summed E-state index contributed by atoms with van der Waals surface area (Å²) < 4.78 is 10.9. The molecule has 0 aliphatic carbocycles. The number of anilines is 1. The van der Waals surface area contributed by atoms with Gasteiger partial charge in [-0.05, 0) is 49.4 Å². The van der Waals surface area contributed by atoms with Crippen molar-refractivity contribution >= 4 is 11.6 Å². The fraction of sp³-hybridized carbons (Fsp3) is 0.333. The summed E-state index contributed by atoms with van der Waals surface area (Å²) in [6, 6.07) is 14.7. The molecule has 2 aromatic carbocycles. The Bertz CT molecular complexity index is 815. The minimum absolute atomic E-state index is 0.121. The number of carbonyl (C=O) groups is 1. The van der Waals surface area contributed by atoms with Crippen LogP contribution in [0.25, 0.3) is 0 Å². The highest BCUT2D eigenvalue weighted by molar-refractivity contribution is 5.92. The Morgan fingerprint density at radius 1 is 1.19 bits per heavy atom. The third-order valence-corrected chi connectivity index (χ3v) is 4.02. The summed E-state index contributed by atoms with van der Waals surface area (Å²) in [4.78, 5) is 14.4. The van der Waals surface area contributed by atoms with Crippen molar-refractivity contribution in [1.29, 1.82) is 5.26 Å². The quantitative estimate of drug-likeness (QED) is 0.735. The van der Waals surface area contributed by atoms with E-state index < -0.39 is 0 Å². The predicted molar refractivity (Wildman–Crippen MR) is 105 cm³/mol. The number of hydrogen-bond donors (Lipinski definition) is 1. The summed E-state index contributed by atoms with van der Waals surface area (Å²) in [6.45, 7) is 6.10. The lowest BCUT2D eigenvalue weighted by Gasteiger charge is -2.21. The first kappa shape index (κ1) is 20.3. The molecule has 0 atom stereocenters. The number of hydrogen-bond acceptors (Lipinski definition) is 5. The molecule has 6 nitrogen and oxygen atoms in total. The van der Waals surface area contributed by atoms with E-state index in [0.717, 1.165) is 12.1 Å². The van der Waals surface area contributed by atoms with Gasteiger partial charge in [0.1, 0.15) is 0 Å². The molecule has 0 aromatic heterocycles. The lowest BCUT2D eigenvalue weighted by atomic mass is 10.2. The fourth-order valence-corrected chi connectivity index (χ4v) is 2.69. The summed E-state index contributed by atoms with van der Waals surface area (Å²) in [7, 11) is 1.61. The normalized spacial score (nSPS) is 10.3. The smallest absolute Gasteiger partial charge is 0.238 e. The molecule has 0 radical (unpaired) electrons. The molecule has 1 amide bonds. The minimum Gasteiger partial charge on any atom is -0.493 e. The number of methoxy groups -OCH3 is 1. The molecule has 0 heterocycles. The first-order chi connectivity index (χ1) is 13.1. The van der Waals surface area contributed by atoms with Crippen molar-refractivity contribution in [2.75, 3.05) is 32.1 Å². The van der Waals surface area contributed by atoms with Crippen LogP contribution in [0, 0.1) is 11.3 Å². The van der Waals surface area contributed by atoms with Crippen LogP contribution in [0.1, 0.15) is 25.0 Å². The maximum absolute atomic E-state index is 12.4. The third-order valence-electron chi connectivity index (χ3n) is 4.02. The second-order valence-corrected chi connectivity index (χ2v) is 5.96. The van der Waals surface area contributed by atoms with E-state index >= 15 is 0 Å². The maximum atomic E-state index is 12.4. The first-order valence-electron chi connectivity index (χ1n) is 8.91. The number of likely N-dealkylation sites (N-methyl/N-ethyl adjacent to an activating group) is 1. The highest BCUT2D eigenvalue weighted by Gasteiger charge is 2.12. The van der Waals surface area contributed by atoms with E-state index in [4.69, 9.17) is 14.7 Å². The van der Waals surface area contributed by atoms with Crippen LogP contribution in [-0.2, 0) is 11.3 Å². The van der Waals surface area contributed by atoms with Gasteiger partial charge in [-0.15, -0.1) is 0 Å². The largest absolute Gasteiger partial charge is 0.493 e. The Labute approximate surface area is 160 Å². The van der Waals surface area contributed by atoms with E-state index in [1.807, 2.05) is 36.9 Å². The van der Waals surface area contributed by atoms with Crippen molar-refractivity contribution < 1.29 is 14.3 Å². The van der Waals surface area contributed by atoms with Crippen molar-refractivity contribution in [3.05, 3.63) is 53.6 Å². The third kappa shape index (κ3) is 6.01. The van der Waals surface area contributed by atoms with Gasteiger partial charge in [-0.2, -0.15) is 5.26 Å². The average Bonchev–Trinajstić information content (AvgIpc) is 2.68. The van der Waals surface area contributed by atoms with Gasteiger partial charge >= 0.3 is 0 Å². The van der Waals surface area contributed by atoms with Crippen LogP contribution >= 0.6 is 0 Å². The fourth-order valence-electron chi connectivity index (χ4n) is 2.69. The van der Waals surface area contributed by atoms with Gasteiger partial charge in [0.2, 0.25) is 5.91 Å². The van der Waals surface area contributed by atoms with E-state index in [9.17, 15) is 4.79 Å². The second kappa shape index (κ2) is 10.2. The number of benzene rings is 2. The molecule has 0 spiro atoms. The molecule has 0 unspecified atom stereocenters. The van der Waals surface area contributed by atoms with Gasteiger partial charge < -0.3 is 14.8 Å². The van der Waals surface area contributed by atoms with Crippen molar-refractivity contribution in [2.24, 2.45) is 0 Å². The zero-order valence-electron chi connectivity index (χ0n) is 16.0. The molecule has 2 rings (SSSR count). The van der Waals surface area contributed by atoms with E-state index in [0.29, 0.717) is 35.9 Å². The Balaban J connectivity index is 2.00. The monoisotopic (exact) mass is 367 g/mol. The van der Waals surface area contributed by atoms with Crippen LogP contribution in [-0.4, -0.2) is 37.6 Å². The van der Waals surface area contributed by atoms with Crippen LogP contribution in [0.4, 0.5) is 5.69 Å². The van der Waals surface area contributed by atoms with Crippen molar-refractivity contribution in [1.82, 2.24) is 4.90 Å². The van der Waals surface area contributed by atoms with Crippen LogP contribution in [0.5, 0.6) is 11.5 Å². The van der Waals surface area contributed by atoms with E-state index in [1.165, 1.54) is 0 Å². The highest BCUT2D eigenvalue weighted by atomic mass is 16.5. The Kier molecular flexibility index (Phi) is 7.65. The number of nitrogens with one attached hydrogen (secondary N) is 1. The molecule has 0 fully saturated rings. The van der Waals surface area contributed by atoms with Crippen molar-refractivity contribution in [3.63, 3.8) is 0 Å². The van der Waals surface area contributed by atoms with Gasteiger partial charge in [-0.25, -0.2) is 0 Å². The number of rotatable bonds is 9. The standard InChI is InChI=1S/C21H25N3O3/c1-4-24(14-17-9-10-19(27-5-2)20(12-17)26-3)15-21(25)23-18-8-6-7-16(11-18)13-22/h6-12H,4-5,14-15H2,1-3H3,(H,23,25). The molecule has 0 aliphatic heterocycles. The number of nitrogens with zero attached hydrogens (tertiary/aromatic N) is 2. The number of carbonyl (C=O) groups excluding carboxylic acids is 1. The SMILES string of the molecule is CCOc1ccc(CN(CC)CC(=O)Nc2cccc(C#N)c2)cc1OC. The molecular weight excluding hydrogens is 342 g/mol. The van der Waals surface area contributed by atoms with Gasteiger partial charge in [0.25, 0.3) is 0 Å². The lowest BCUT2D eigenvalue weighted by molar-refractivity contribution is -0.117. The summed E-state index contributed by atoms with van der Waals surface area (Å²) in [5.74, 6) is 1.27. The number of ether oxygens (including phenoxy) is 2. The summed E-state index contributed by atoms with van der Waals surface area (Å²) in [6.07, 6.45) is 0. The van der Waals surface area contributed by atoms with E-state index in [1.54, 1.807) is 31.4 Å². The maximum Gasteiger partial charge on any atom is 0.238 e. The van der Waals surface area contributed by atoms with Crippen LogP contribution < -0.4 is 14.8 Å². The van der Waals surface area contributed by atoms with Gasteiger partial charge in [-0.1, -0.05) is 19.1 Å². The molecule has 0 aliphatic rings. The lowest BCUT2D eigenvalue weighted by Crippen LogP contribution is -2.32.